The third kappa shape index (κ3) is 3.54. The van der Waals surface area contributed by atoms with Gasteiger partial charge in [0.1, 0.15) is 11.4 Å². The Hall–Kier alpha value is -1.96. The van der Waals surface area contributed by atoms with E-state index >= 15 is 0 Å². The van der Waals surface area contributed by atoms with Gasteiger partial charge in [-0.3, -0.25) is 0 Å². The predicted octanol–water partition coefficient (Wildman–Crippen LogP) is 4.73. The van der Waals surface area contributed by atoms with Gasteiger partial charge in [-0.05, 0) is 54.5 Å². The van der Waals surface area contributed by atoms with Crippen LogP contribution in [-0.4, -0.2) is 39.2 Å². The van der Waals surface area contributed by atoms with Crippen molar-refractivity contribution in [3.8, 4) is 0 Å². The predicted molar refractivity (Wildman–Crippen MR) is 115 cm³/mol. The normalized spacial score (nSPS) is 25.0. The van der Waals surface area contributed by atoms with Crippen molar-refractivity contribution in [2.45, 2.75) is 30.1 Å². The minimum absolute atomic E-state index is 0.469. The SMILES string of the molecule is C[C@@H]1C[C@H](C)CN(Sc2ccc3c(c2)/C(=N/O)c2cc(S)ccc2/C3=N\O)C1. The molecule has 4 rings (SSSR count). The lowest BCUT2D eigenvalue weighted by Crippen LogP contribution is -2.33. The Labute approximate surface area is 174 Å². The molecule has 0 unspecified atom stereocenters. The Morgan fingerprint density at radius 3 is 2.11 bits per heavy atom. The summed E-state index contributed by atoms with van der Waals surface area (Å²) in [6.45, 7) is 6.70. The van der Waals surface area contributed by atoms with Crippen LogP contribution in [-0.2, 0) is 0 Å². The van der Waals surface area contributed by atoms with E-state index in [1.165, 1.54) is 6.42 Å². The van der Waals surface area contributed by atoms with Crippen LogP contribution in [0.15, 0.2) is 56.5 Å². The summed E-state index contributed by atoms with van der Waals surface area (Å²) in [4.78, 5) is 1.83. The lowest BCUT2D eigenvalue weighted by atomic mass is 9.83. The van der Waals surface area contributed by atoms with Crippen molar-refractivity contribution in [2.24, 2.45) is 22.1 Å². The number of thiol groups is 1. The lowest BCUT2D eigenvalue weighted by Gasteiger charge is -2.34. The molecule has 28 heavy (non-hydrogen) atoms. The van der Waals surface area contributed by atoms with Crippen LogP contribution >= 0.6 is 24.6 Å². The van der Waals surface area contributed by atoms with Crippen molar-refractivity contribution in [1.82, 2.24) is 4.31 Å². The summed E-state index contributed by atoms with van der Waals surface area (Å²) in [5.41, 5.74) is 3.88. The van der Waals surface area contributed by atoms with E-state index < -0.39 is 0 Å². The quantitative estimate of drug-likeness (QED) is 0.246. The van der Waals surface area contributed by atoms with Crippen molar-refractivity contribution >= 4 is 36.0 Å². The summed E-state index contributed by atoms with van der Waals surface area (Å²) in [5, 5.41) is 26.5. The Morgan fingerprint density at radius 1 is 0.893 bits per heavy atom. The first-order chi connectivity index (χ1) is 13.5. The summed E-state index contributed by atoms with van der Waals surface area (Å²) in [7, 11) is 0. The van der Waals surface area contributed by atoms with Gasteiger partial charge >= 0.3 is 0 Å². The van der Waals surface area contributed by atoms with Crippen molar-refractivity contribution in [1.29, 1.82) is 0 Å². The third-order valence-electron chi connectivity index (χ3n) is 5.28. The van der Waals surface area contributed by atoms with Crippen LogP contribution in [0.3, 0.4) is 0 Å². The first-order valence-corrected chi connectivity index (χ1v) is 10.6. The highest BCUT2D eigenvalue weighted by Gasteiger charge is 2.29. The maximum Gasteiger partial charge on any atom is 0.118 e. The molecule has 0 radical (unpaired) electrons. The second kappa shape index (κ2) is 7.81. The Kier molecular flexibility index (Phi) is 5.40. The van der Waals surface area contributed by atoms with Crippen molar-refractivity contribution in [2.75, 3.05) is 13.1 Å². The van der Waals surface area contributed by atoms with E-state index in [4.69, 9.17) is 0 Å². The zero-order chi connectivity index (χ0) is 19.8. The number of piperidine rings is 1. The lowest BCUT2D eigenvalue weighted by molar-refractivity contribution is 0.237. The highest BCUT2D eigenvalue weighted by Crippen LogP contribution is 2.35. The topological polar surface area (TPSA) is 68.4 Å². The molecule has 1 saturated heterocycles. The van der Waals surface area contributed by atoms with Crippen LogP contribution in [0, 0.1) is 11.8 Å². The summed E-state index contributed by atoms with van der Waals surface area (Å²) in [6, 6.07) is 11.5. The molecule has 7 heteroatoms. The number of fused-ring (bicyclic) bond motifs is 2. The van der Waals surface area contributed by atoms with Gasteiger partial charge in [0.15, 0.2) is 0 Å². The molecule has 1 aliphatic heterocycles. The molecule has 0 bridgehead atoms. The van der Waals surface area contributed by atoms with E-state index in [-0.39, 0.29) is 0 Å². The van der Waals surface area contributed by atoms with E-state index in [1.807, 2.05) is 36.4 Å². The molecular formula is C21H23N3O2S2. The van der Waals surface area contributed by atoms with Crippen LogP contribution < -0.4 is 0 Å². The fourth-order valence-corrected chi connectivity index (χ4v) is 5.71. The highest BCUT2D eigenvalue weighted by molar-refractivity contribution is 7.97. The summed E-state index contributed by atoms with van der Waals surface area (Å²) in [5.74, 6) is 1.36. The Balaban J connectivity index is 1.73. The van der Waals surface area contributed by atoms with Crippen LogP contribution in [0.4, 0.5) is 0 Å². The van der Waals surface area contributed by atoms with Gasteiger partial charge in [0, 0.05) is 45.1 Å². The molecule has 0 saturated carbocycles. The molecular weight excluding hydrogens is 390 g/mol. The molecule has 0 spiro atoms. The summed E-state index contributed by atoms with van der Waals surface area (Å²) >= 11 is 6.13. The average Bonchev–Trinajstić information content (AvgIpc) is 2.65. The molecule has 5 nitrogen and oxygen atoms in total. The fourth-order valence-electron chi connectivity index (χ4n) is 4.25. The molecule has 1 fully saturated rings. The van der Waals surface area contributed by atoms with Gasteiger partial charge in [-0.1, -0.05) is 36.3 Å². The van der Waals surface area contributed by atoms with Crippen LogP contribution in [0.25, 0.3) is 0 Å². The zero-order valence-electron chi connectivity index (χ0n) is 15.8. The van der Waals surface area contributed by atoms with E-state index in [0.717, 1.165) is 39.6 Å². The number of nitrogens with zero attached hydrogens (tertiary/aromatic N) is 3. The van der Waals surface area contributed by atoms with Gasteiger partial charge in [0.2, 0.25) is 0 Å². The number of oxime groups is 2. The van der Waals surface area contributed by atoms with E-state index in [1.54, 1.807) is 11.9 Å². The van der Waals surface area contributed by atoms with E-state index in [9.17, 15) is 10.4 Å². The summed E-state index contributed by atoms with van der Waals surface area (Å²) < 4.78 is 2.40. The molecule has 0 aromatic heterocycles. The zero-order valence-corrected chi connectivity index (χ0v) is 17.5. The first-order valence-electron chi connectivity index (χ1n) is 9.35. The standard InChI is InChI=1S/C21H23N3O2S2/c1-12-7-13(2)11-24(10-12)28-15-4-6-17-19(9-15)21(23-26)18-8-14(27)3-5-16(18)20(17)22-25/h3-6,8-9,12-13,25-27H,7,10-11H2,1-2H3/b22-20+,23-21+/t12-,13+. The monoisotopic (exact) mass is 413 g/mol. The van der Waals surface area contributed by atoms with Crippen LogP contribution in [0.5, 0.6) is 0 Å². The van der Waals surface area contributed by atoms with Gasteiger partial charge in [-0.15, -0.1) is 12.6 Å². The van der Waals surface area contributed by atoms with Gasteiger partial charge in [-0.2, -0.15) is 0 Å². The van der Waals surface area contributed by atoms with Gasteiger partial charge in [0.05, 0.1) is 0 Å². The second-order valence-electron chi connectivity index (χ2n) is 7.72. The number of hydrogen-bond donors (Lipinski definition) is 3. The fraction of sp³-hybridized carbons (Fsp3) is 0.333. The molecule has 146 valence electrons. The van der Waals surface area contributed by atoms with Crippen molar-refractivity contribution < 1.29 is 10.4 Å². The molecule has 1 aliphatic carbocycles. The molecule has 1 heterocycles. The summed E-state index contributed by atoms with van der Waals surface area (Å²) in [6.07, 6.45) is 1.27. The van der Waals surface area contributed by atoms with Gasteiger partial charge < -0.3 is 10.4 Å². The molecule has 2 aromatic rings. The maximum atomic E-state index is 9.76. The third-order valence-corrected chi connectivity index (χ3v) is 6.58. The smallest absolute Gasteiger partial charge is 0.118 e. The maximum absolute atomic E-state index is 9.76. The van der Waals surface area contributed by atoms with Crippen LogP contribution in [0.2, 0.25) is 0 Å². The number of hydrogen-bond acceptors (Lipinski definition) is 7. The molecule has 2 atom stereocenters. The molecule has 2 aromatic carbocycles. The van der Waals surface area contributed by atoms with Crippen LogP contribution in [0.1, 0.15) is 42.5 Å². The Morgan fingerprint density at radius 2 is 1.46 bits per heavy atom. The second-order valence-corrected chi connectivity index (χ2v) is 9.41. The molecule has 0 amide bonds. The minimum atomic E-state index is 0.469. The van der Waals surface area contributed by atoms with Crippen molar-refractivity contribution in [3.05, 3.63) is 58.7 Å². The molecule has 2 aliphatic rings. The minimum Gasteiger partial charge on any atom is -0.410 e. The van der Waals surface area contributed by atoms with Gasteiger partial charge in [-0.25, -0.2) is 4.31 Å². The number of benzene rings is 2. The van der Waals surface area contributed by atoms with Gasteiger partial charge in [0.25, 0.3) is 0 Å². The first kappa shape index (κ1) is 19.4. The highest BCUT2D eigenvalue weighted by atomic mass is 32.2. The van der Waals surface area contributed by atoms with Crippen molar-refractivity contribution in [3.63, 3.8) is 0 Å². The average molecular weight is 414 g/mol. The number of rotatable bonds is 2. The largest absolute Gasteiger partial charge is 0.410 e. The Bertz CT molecular complexity index is 964. The molecule has 2 N–H and O–H groups in total. The van der Waals surface area contributed by atoms with E-state index in [0.29, 0.717) is 28.8 Å². The van der Waals surface area contributed by atoms with E-state index in [2.05, 4.69) is 41.1 Å².